The third-order valence-corrected chi connectivity index (χ3v) is 16.4. The van der Waals surface area contributed by atoms with Gasteiger partial charge in [-0.3, -0.25) is 0 Å². The van der Waals surface area contributed by atoms with Crippen LogP contribution in [-0.2, 0) is 10.8 Å². The van der Waals surface area contributed by atoms with Gasteiger partial charge in [0.2, 0.25) is 0 Å². The van der Waals surface area contributed by atoms with Gasteiger partial charge < -0.3 is 9.13 Å². The van der Waals surface area contributed by atoms with E-state index >= 15 is 0 Å². The van der Waals surface area contributed by atoms with E-state index in [1.807, 2.05) is 0 Å². The Kier molecular flexibility index (Phi) is 9.14. The molecule has 0 N–H and O–H groups in total. The molecule has 2 heterocycles. The lowest BCUT2D eigenvalue weighted by molar-refractivity contribution is 0.652. The van der Waals surface area contributed by atoms with Crippen molar-refractivity contribution in [3.05, 3.63) is 251 Å². The zero-order chi connectivity index (χ0) is 48.6. The monoisotopic (exact) mass is 922 g/mol. The zero-order valence-corrected chi connectivity index (χ0v) is 41.7. The minimum Gasteiger partial charge on any atom is -0.309 e. The summed E-state index contributed by atoms with van der Waals surface area (Å²) in [6.07, 6.45) is 4.47. The largest absolute Gasteiger partial charge is 0.309 e. The van der Waals surface area contributed by atoms with E-state index in [4.69, 9.17) is 0 Å². The average molecular weight is 923 g/mol. The quantitative estimate of drug-likeness (QED) is 0.147. The summed E-state index contributed by atoms with van der Waals surface area (Å²) < 4.78 is 4.80. The predicted molar refractivity (Wildman–Crippen MR) is 306 cm³/mol. The minimum atomic E-state index is -0.155. The summed E-state index contributed by atoms with van der Waals surface area (Å²) in [4.78, 5) is 0. The van der Waals surface area contributed by atoms with Gasteiger partial charge in [-0.15, -0.1) is 0 Å². The second-order valence-electron chi connectivity index (χ2n) is 21.6. The molecule has 14 rings (SSSR count). The topological polar surface area (TPSA) is 9.86 Å². The van der Waals surface area contributed by atoms with Gasteiger partial charge in [0, 0.05) is 43.7 Å². The lowest BCUT2D eigenvalue weighted by Gasteiger charge is -2.24. The van der Waals surface area contributed by atoms with E-state index in [9.17, 15) is 0 Å². The Morgan fingerprint density at radius 3 is 1.35 bits per heavy atom. The normalized spacial score (nSPS) is 14.1. The van der Waals surface area contributed by atoms with Crippen LogP contribution in [0.3, 0.4) is 0 Å². The molecule has 0 fully saturated rings. The lowest BCUT2D eigenvalue weighted by atomic mass is 9.79. The summed E-state index contributed by atoms with van der Waals surface area (Å²) in [5, 5.41) is 5.10. The SMILES string of the molecule is Cc1cc(C)cc(-n2c3ccccc3c3cc(-c4ccc5c(c4)C(C)(C)c4cc6c(cc4-5)C(C)(C)c4cc(-c5ccc(/C=C/c7ccc8c(c7)c7ccccc7n8-c7ccccc7)cc5)ccc4-6)ccc32)c1. The van der Waals surface area contributed by atoms with E-state index in [1.54, 1.807) is 0 Å². The van der Waals surface area contributed by atoms with Crippen molar-refractivity contribution in [2.24, 2.45) is 0 Å². The number of fused-ring (bicyclic) bond motifs is 12. The van der Waals surface area contributed by atoms with Gasteiger partial charge >= 0.3 is 0 Å². The second-order valence-corrected chi connectivity index (χ2v) is 21.6. The van der Waals surface area contributed by atoms with Crippen LogP contribution >= 0.6 is 0 Å². The molecule has 2 aliphatic rings. The number of rotatable bonds is 6. The van der Waals surface area contributed by atoms with Gasteiger partial charge in [-0.05, 0) is 188 Å². The highest BCUT2D eigenvalue weighted by molar-refractivity contribution is 6.11. The van der Waals surface area contributed by atoms with Crippen LogP contribution in [0.15, 0.2) is 206 Å². The summed E-state index contributed by atoms with van der Waals surface area (Å²) in [5.74, 6) is 0. The Hall–Kier alpha value is -8.46. The Bertz CT molecular complexity index is 4240. The van der Waals surface area contributed by atoms with Crippen LogP contribution in [0.1, 0.15) is 72.2 Å². The van der Waals surface area contributed by atoms with Gasteiger partial charge in [-0.1, -0.05) is 161 Å². The van der Waals surface area contributed by atoms with Crippen molar-refractivity contribution in [2.75, 3.05) is 0 Å². The van der Waals surface area contributed by atoms with Crippen molar-refractivity contribution in [2.45, 2.75) is 52.4 Å². The van der Waals surface area contributed by atoms with Crippen LogP contribution in [0.5, 0.6) is 0 Å². The molecule has 0 saturated heterocycles. The molecule has 0 atom stereocenters. The highest BCUT2D eigenvalue weighted by atomic mass is 15.0. The Morgan fingerprint density at radius 1 is 0.306 bits per heavy atom. The molecule has 12 aromatic rings. The number of aromatic nitrogens is 2. The summed E-state index contributed by atoms with van der Waals surface area (Å²) >= 11 is 0. The minimum absolute atomic E-state index is 0.147. The van der Waals surface area contributed by atoms with E-state index in [0.717, 1.165) is 0 Å². The predicted octanol–water partition coefficient (Wildman–Crippen LogP) is 18.6. The van der Waals surface area contributed by atoms with Crippen molar-refractivity contribution in [3.63, 3.8) is 0 Å². The first-order valence-electron chi connectivity index (χ1n) is 25.5. The van der Waals surface area contributed by atoms with Crippen molar-refractivity contribution >= 4 is 55.8 Å². The maximum absolute atomic E-state index is 2.53. The molecule has 0 bridgehead atoms. The zero-order valence-electron chi connectivity index (χ0n) is 41.7. The van der Waals surface area contributed by atoms with E-state index in [1.165, 1.54) is 144 Å². The van der Waals surface area contributed by atoms with Crippen LogP contribution in [-0.4, -0.2) is 9.13 Å². The Morgan fingerprint density at radius 2 is 0.736 bits per heavy atom. The number of hydrogen-bond acceptors (Lipinski definition) is 0. The highest BCUT2D eigenvalue weighted by Crippen LogP contribution is 2.57. The van der Waals surface area contributed by atoms with Crippen molar-refractivity contribution in [1.82, 2.24) is 9.13 Å². The van der Waals surface area contributed by atoms with Crippen molar-refractivity contribution < 1.29 is 0 Å². The van der Waals surface area contributed by atoms with Crippen molar-refractivity contribution in [3.8, 4) is 55.9 Å². The molecule has 2 aromatic heterocycles. The van der Waals surface area contributed by atoms with Gasteiger partial charge in [-0.2, -0.15) is 0 Å². The summed E-state index contributed by atoms with van der Waals surface area (Å²) in [7, 11) is 0. The smallest absolute Gasteiger partial charge is 0.0541 e. The standard InChI is InChI=1S/C70H54N2/c1-43-34-44(2)36-52(35-43)72-66-19-13-11-17-56(66)60-38-48(29-33-68(60)72)50-28-31-54-58-42-63-57(41-64(58)70(5,6)62(54)40-50)53-30-27-49(39-61(53)69(63,3)4)47-25-22-45(23-26-47)20-21-46-24-32-67-59(37-46)55-16-10-12-18-65(55)71(67)51-14-8-7-9-15-51/h7-42H,1-6H3/b21-20+. The van der Waals surface area contributed by atoms with Crippen molar-refractivity contribution in [1.29, 1.82) is 0 Å². The van der Waals surface area contributed by atoms with E-state index in [-0.39, 0.29) is 10.8 Å². The molecule has 0 radical (unpaired) electrons. The molecule has 0 spiro atoms. The van der Waals surface area contributed by atoms with E-state index < -0.39 is 0 Å². The Balaban J connectivity index is 0.751. The fraction of sp³-hybridized carbons (Fsp3) is 0.114. The summed E-state index contributed by atoms with van der Waals surface area (Å²) in [6, 6.07) is 77.4. The molecule has 0 unspecified atom stereocenters. The van der Waals surface area contributed by atoms with Crippen LogP contribution < -0.4 is 0 Å². The average Bonchev–Trinajstić information content (AvgIpc) is 4.05. The molecule has 2 aliphatic carbocycles. The lowest BCUT2D eigenvalue weighted by Crippen LogP contribution is -2.17. The van der Waals surface area contributed by atoms with Gasteiger partial charge in [0.25, 0.3) is 0 Å². The van der Waals surface area contributed by atoms with Crippen LogP contribution in [0.2, 0.25) is 0 Å². The molecule has 0 amide bonds. The van der Waals surface area contributed by atoms with Crippen LogP contribution in [0.25, 0.3) is 112 Å². The third-order valence-electron chi connectivity index (χ3n) is 16.4. The summed E-state index contributed by atoms with van der Waals surface area (Å²) in [5.41, 5.74) is 28.0. The van der Waals surface area contributed by atoms with E-state index in [0.29, 0.717) is 0 Å². The number of benzene rings is 10. The molecule has 10 aromatic carbocycles. The molecule has 0 saturated carbocycles. The number of para-hydroxylation sites is 3. The van der Waals surface area contributed by atoms with E-state index in [2.05, 4.69) is 269 Å². The third kappa shape index (κ3) is 6.35. The Labute approximate surface area is 421 Å². The molecule has 2 nitrogen and oxygen atoms in total. The fourth-order valence-corrected chi connectivity index (χ4v) is 12.8. The first-order valence-corrected chi connectivity index (χ1v) is 25.5. The molecular weight excluding hydrogens is 869 g/mol. The molecule has 0 aliphatic heterocycles. The number of hydrogen-bond donors (Lipinski definition) is 0. The van der Waals surface area contributed by atoms with Gasteiger partial charge in [-0.25, -0.2) is 0 Å². The highest BCUT2D eigenvalue weighted by Gasteiger charge is 2.42. The van der Waals surface area contributed by atoms with Crippen LogP contribution in [0.4, 0.5) is 0 Å². The molecule has 344 valence electrons. The van der Waals surface area contributed by atoms with Gasteiger partial charge in [0.05, 0.1) is 22.1 Å². The maximum Gasteiger partial charge on any atom is 0.0541 e. The first kappa shape index (κ1) is 42.4. The molecule has 2 heteroatoms. The summed E-state index contributed by atoms with van der Waals surface area (Å²) in [6.45, 7) is 14.0. The van der Waals surface area contributed by atoms with Gasteiger partial charge in [0.15, 0.2) is 0 Å². The first-order chi connectivity index (χ1) is 35.0. The number of nitrogens with zero attached hydrogens (tertiary/aromatic N) is 2. The second kappa shape index (κ2) is 15.5. The van der Waals surface area contributed by atoms with Crippen LogP contribution in [0, 0.1) is 13.8 Å². The maximum atomic E-state index is 2.53. The molecular formula is C70H54N2. The van der Waals surface area contributed by atoms with Gasteiger partial charge in [0.1, 0.15) is 0 Å². The fourth-order valence-electron chi connectivity index (χ4n) is 12.8. The number of aryl methyl sites for hydroxylation is 2. The molecule has 72 heavy (non-hydrogen) atoms.